The standard InChI is InChI=1S/C15H19N3O/c1-9(2)12-7-10(3)5-6-13(12)19-14-8-17-11(4)18-15(14)16/h5-9H,1-4H3,(H2,16,17,18). The van der Waals surface area contributed by atoms with Crippen molar-refractivity contribution >= 4 is 5.82 Å². The van der Waals surface area contributed by atoms with Crippen LogP contribution < -0.4 is 10.5 Å². The van der Waals surface area contributed by atoms with Crippen LogP contribution >= 0.6 is 0 Å². The highest BCUT2D eigenvalue weighted by molar-refractivity contribution is 5.49. The molecular formula is C15H19N3O. The first-order valence-corrected chi connectivity index (χ1v) is 6.35. The van der Waals surface area contributed by atoms with Gasteiger partial charge in [-0.2, -0.15) is 0 Å². The number of aryl methyl sites for hydroxylation is 2. The molecular weight excluding hydrogens is 238 g/mol. The van der Waals surface area contributed by atoms with Crippen molar-refractivity contribution in [1.82, 2.24) is 9.97 Å². The van der Waals surface area contributed by atoms with Crippen LogP contribution in [0.4, 0.5) is 5.82 Å². The van der Waals surface area contributed by atoms with Crippen molar-refractivity contribution in [2.45, 2.75) is 33.6 Å². The molecule has 0 aliphatic carbocycles. The van der Waals surface area contributed by atoms with Crippen molar-refractivity contribution < 1.29 is 4.74 Å². The number of aromatic nitrogens is 2. The molecule has 4 heteroatoms. The van der Waals surface area contributed by atoms with Crippen LogP contribution in [-0.4, -0.2) is 9.97 Å². The molecule has 2 aromatic rings. The average molecular weight is 257 g/mol. The van der Waals surface area contributed by atoms with Crippen molar-refractivity contribution in [3.05, 3.63) is 41.3 Å². The lowest BCUT2D eigenvalue weighted by atomic mass is 10.00. The number of nitrogens with two attached hydrogens (primary N) is 1. The molecule has 19 heavy (non-hydrogen) atoms. The van der Waals surface area contributed by atoms with E-state index < -0.39 is 0 Å². The largest absolute Gasteiger partial charge is 0.452 e. The number of nitrogens with zero attached hydrogens (tertiary/aromatic N) is 2. The van der Waals surface area contributed by atoms with Gasteiger partial charge < -0.3 is 10.5 Å². The highest BCUT2D eigenvalue weighted by Crippen LogP contribution is 2.32. The second kappa shape index (κ2) is 5.26. The van der Waals surface area contributed by atoms with E-state index in [4.69, 9.17) is 10.5 Å². The molecule has 0 aliphatic heterocycles. The Bertz CT molecular complexity index is 594. The molecule has 2 N–H and O–H groups in total. The maximum atomic E-state index is 5.86. The molecule has 0 spiro atoms. The minimum Gasteiger partial charge on any atom is -0.452 e. The predicted octanol–water partition coefficient (Wildman–Crippen LogP) is 3.59. The van der Waals surface area contributed by atoms with Gasteiger partial charge in [-0.05, 0) is 31.4 Å². The van der Waals surface area contributed by atoms with E-state index in [2.05, 4.69) is 36.8 Å². The Balaban J connectivity index is 2.38. The van der Waals surface area contributed by atoms with Crippen LogP contribution in [0.3, 0.4) is 0 Å². The third-order valence-corrected chi connectivity index (χ3v) is 2.91. The SMILES string of the molecule is Cc1ccc(Oc2cnc(C)nc2N)c(C(C)C)c1. The minimum atomic E-state index is 0.364. The van der Waals surface area contributed by atoms with Crippen LogP contribution in [0, 0.1) is 13.8 Å². The Kier molecular flexibility index (Phi) is 3.69. The maximum Gasteiger partial charge on any atom is 0.187 e. The highest BCUT2D eigenvalue weighted by atomic mass is 16.5. The number of benzene rings is 1. The second-order valence-electron chi connectivity index (χ2n) is 4.96. The normalized spacial score (nSPS) is 10.8. The molecule has 0 aliphatic rings. The summed E-state index contributed by atoms with van der Waals surface area (Å²) in [4.78, 5) is 8.22. The third kappa shape index (κ3) is 3.02. The fourth-order valence-electron chi connectivity index (χ4n) is 1.89. The average Bonchev–Trinajstić information content (AvgIpc) is 2.34. The first-order chi connectivity index (χ1) is 8.97. The van der Waals surface area contributed by atoms with Gasteiger partial charge in [-0.25, -0.2) is 9.97 Å². The van der Waals surface area contributed by atoms with Gasteiger partial charge in [0.1, 0.15) is 11.6 Å². The molecule has 0 atom stereocenters. The summed E-state index contributed by atoms with van der Waals surface area (Å²) in [7, 11) is 0. The van der Waals surface area contributed by atoms with Gasteiger partial charge in [-0.3, -0.25) is 0 Å². The molecule has 1 heterocycles. The zero-order valence-electron chi connectivity index (χ0n) is 11.8. The third-order valence-electron chi connectivity index (χ3n) is 2.91. The van der Waals surface area contributed by atoms with Crippen molar-refractivity contribution in [1.29, 1.82) is 0 Å². The number of hydrogen-bond acceptors (Lipinski definition) is 4. The molecule has 1 aromatic heterocycles. The van der Waals surface area contributed by atoms with Crippen LogP contribution in [0.5, 0.6) is 11.5 Å². The fourth-order valence-corrected chi connectivity index (χ4v) is 1.89. The van der Waals surface area contributed by atoms with E-state index in [1.54, 1.807) is 13.1 Å². The van der Waals surface area contributed by atoms with E-state index in [1.807, 2.05) is 12.1 Å². The zero-order chi connectivity index (χ0) is 14.0. The summed E-state index contributed by atoms with van der Waals surface area (Å²) in [6.07, 6.45) is 1.61. The van der Waals surface area contributed by atoms with Crippen molar-refractivity contribution in [3.8, 4) is 11.5 Å². The van der Waals surface area contributed by atoms with Crippen molar-refractivity contribution in [2.75, 3.05) is 5.73 Å². The van der Waals surface area contributed by atoms with Crippen LogP contribution in [0.25, 0.3) is 0 Å². The van der Waals surface area contributed by atoms with E-state index in [9.17, 15) is 0 Å². The van der Waals surface area contributed by atoms with Gasteiger partial charge in [0.05, 0.1) is 6.20 Å². The Hall–Kier alpha value is -2.10. The summed E-state index contributed by atoms with van der Waals surface area (Å²) in [5, 5.41) is 0. The van der Waals surface area contributed by atoms with Gasteiger partial charge in [-0.1, -0.05) is 31.5 Å². The molecule has 0 amide bonds. The smallest absolute Gasteiger partial charge is 0.187 e. The second-order valence-corrected chi connectivity index (χ2v) is 4.96. The highest BCUT2D eigenvalue weighted by Gasteiger charge is 2.11. The lowest BCUT2D eigenvalue weighted by Crippen LogP contribution is -2.01. The molecule has 0 radical (unpaired) electrons. The van der Waals surface area contributed by atoms with Gasteiger partial charge in [0.2, 0.25) is 0 Å². The van der Waals surface area contributed by atoms with Gasteiger partial charge in [0.15, 0.2) is 11.6 Å². The monoisotopic (exact) mass is 257 g/mol. The van der Waals surface area contributed by atoms with E-state index >= 15 is 0 Å². The van der Waals surface area contributed by atoms with Gasteiger partial charge in [0, 0.05) is 0 Å². The number of ether oxygens (including phenoxy) is 1. The number of rotatable bonds is 3. The summed E-state index contributed by atoms with van der Waals surface area (Å²) in [6, 6.07) is 6.11. The van der Waals surface area contributed by atoms with Crippen LogP contribution in [0.1, 0.15) is 36.7 Å². The van der Waals surface area contributed by atoms with Gasteiger partial charge in [-0.15, -0.1) is 0 Å². The number of anilines is 1. The lowest BCUT2D eigenvalue weighted by molar-refractivity contribution is 0.470. The topological polar surface area (TPSA) is 61.0 Å². The molecule has 0 unspecified atom stereocenters. The number of hydrogen-bond donors (Lipinski definition) is 1. The predicted molar refractivity (Wildman–Crippen MR) is 76.5 cm³/mol. The van der Waals surface area contributed by atoms with Gasteiger partial charge in [0.25, 0.3) is 0 Å². The van der Waals surface area contributed by atoms with E-state index in [0.717, 1.165) is 11.3 Å². The van der Waals surface area contributed by atoms with Crippen molar-refractivity contribution in [2.24, 2.45) is 0 Å². The fraction of sp³-hybridized carbons (Fsp3) is 0.333. The van der Waals surface area contributed by atoms with Crippen LogP contribution in [-0.2, 0) is 0 Å². The summed E-state index contributed by atoms with van der Waals surface area (Å²) in [6.45, 7) is 8.14. The summed E-state index contributed by atoms with van der Waals surface area (Å²) >= 11 is 0. The maximum absolute atomic E-state index is 5.86. The summed E-state index contributed by atoms with van der Waals surface area (Å²) in [5.74, 6) is 2.68. The molecule has 2 rings (SSSR count). The Labute approximate surface area is 113 Å². The Morgan fingerprint density at radius 1 is 1.16 bits per heavy atom. The number of nitrogen functional groups attached to an aromatic ring is 1. The minimum absolute atomic E-state index is 0.364. The van der Waals surface area contributed by atoms with E-state index in [0.29, 0.717) is 23.3 Å². The molecule has 100 valence electrons. The van der Waals surface area contributed by atoms with Crippen LogP contribution in [0.2, 0.25) is 0 Å². The lowest BCUT2D eigenvalue weighted by Gasteiger charge is -2.15. The molecule has 0 saturated heterocycles. The van der Waals surface area contributed by atoms with E-state index in [-0.39, 0.29) is 0 Å². The molecule has 0 saturated carbocycles. The Morgan fingerprint density at radius 2 is 1.89 bits per heavy atom. The summed E-state index contributed by atoms with van der Waals surface area (Å²) < 4.78 is 5.86. The first kappa shape index (κ1) is 13.3. The molecule has 0 fully saturated rings. The Morgan fingerprint density at radius 3 is 2.53 bits per heavy atom. The van der Waals surface area contributed by atoms with Crippen molar-refractivity contribution in [3.63, 3.8) is 0 Å². The zero-order valence-corrected chi connectivity index (χ0v) is 11.8. The molecule has 4 nitrogen and oxygen atoms in total. The molecule has 0 bridgehead atoms. The first-order valence-electron chi connectivity index (χ1n) is 6.35. The summed E-state index contributed by atoms with van der Waals surface area (Å²) in [5.41, 5.74) is 8.21. The molecule has 1 aromatic carbocycles. The van der Waals surface area contributed by atoms with E-state index in [1.165, 1.54) is 5.56 Å². The van der Waals surface area contributed by atoms with Gasteiger partial charge >= 0.3 is 0 Å². The quantitative estimate of drug-likeness (QED) is 0.912. The van der Waals surface area contributed by atoms with Crippen LogP contribution in [0.15, 0.2) is 24.4 Å².